The second kappa shape index (κ2) is 11.7. The molecular formula is C26H32N4O5. The first-order chi connectivity index (χ1) is 17.0. The molecule has 35 heavy (non-hydrogen) atoms. The van der Waals surface area contributed by atoms with Crippen LogP contribution in [0.1, 0.15) is 57.1 Å². The molecule has 3 aromatic rings. The second-order valence-corrected chi connectivity index (χ2v) is 9.06. The first-order valence-corrected chi connectivity index (χ1v) is 12.3. The van der Waals surface area contributed by atoms with Crippen LogP contribution in [0, 0.1) is 0 Å². The van der Waals surface area contributed by atoms with Crippen LogP contribution in [-0.4, -0.2) is 27.0 Å². The lowest BCUT2D eigenvalue weighted by molar-refractivity contribution is -0.123. The van der Waals surface area contributed by atoms with E-state index < -0.39 is 5.69 Å². The van der Waals surface area contributed by atoms with E-state index in [0.717, 1.165) is 25.7 Å². The topological polar surface area (TPSA) is 115 Å². The van der Waals surface area contributed by atoms with Crippen LogP contribution in [-0.2, 0) is 29.2 Å². The molecule has 0 saturated heterocycles. The normalized spacial score (nSPS) is 14.2. The zero-order chi connectivity index (χ0) is 24.6. The van der Waals surface area contributed by atoms with Crippen molar-refractivity contribution in [2.24, 2.45) is 0 Å². The van der Waals surface area contributed by atoms with E-state index in [-0.39, 0.29) is 42.9 Å². The summed E-state index contributed by atoms with van der Waals surface area (Å²) < 4.78 is 7.75. The number of hydrogen-bond acceptors (Lipinski definition) is 5. The largest absolute Gasteiger partial charge is 0.467 e. The fourth-order valence-corrected chi connectivity index (χ4v) is 4.63. The van der Waals surface area contributed by atoms with Crippen LogP contribution in [0.25, 0.3) is 10.9 Å². The van der Waals surface area contributed by atoms with Gasteiger partial charge in [-0.25, -0.2) is 4.79 Å². The summed E-state index contributed by atoms with van der Waals surface area (Å²) in [5.74, 6) is 0.334. The lowest BCUT2D eigenvalue weighted by Crippen LogP contribution is -2.44. The van der Waals surface area contributed by atoms with Crippen LogP contribution >= 0.6 is 0 Å². The summed E-state index contributed by atoms with van der Waals surface area (Å²) >= 11 is 0. The number of aromatic nitrogens is 2. The van der Waals surface area contributed by atoms with Crippen molar-refractivity contribution in [3.8, 4) is 0 Å². The van der Waals surface area contributed by atoms with Crippen molar-refractivity contribution >= 4 is 22.7 Å². The lowest BCUT2D eigenvalue weighted by Gasteiger charge is -2.23. The maximum Gasteiger partial charge on any atom is 0.331 e. The monoisotopic (exact) mass is 480 g/mol. The van der Waals surface area contributed by atoms with Crippen molar-refractivity contribution in [3.63, 3.8) is 0 Å². The smallest absolute Gasteiger partial charge is 0.331 e. The van der Waals surface area contributed by atoms with Crippen LogP contribution in [0.3, 0.4) is 0 Å². The molecule has 9 nitrogen and oxygen atoms in total. The van der Waals surface area contributed by atoms with Crippen molar-refractivity contribution in [2.75, 3.05) is 0 Å². The third-order valence-corrected chi connectivity index (χ3v) is 6.48. The Kier molecular flexibility index (Phi) is 8.18. The van der Waals surface area contributed by atoms with E-state index in [9.17, 15) is 19.2 Å². The van der Waals surface area contributed by atoms with Crippen LogP contribution in [0.4, 0.5) is 0 Å². The van der Waals surface area contributed by atoms with Gasteiger partial charge in [0.1, 0.15) is 12.3 Å². The molecule has 2 aromatic heterocycles. The second-order valence-electron chi connectivity index (χ2n) is 9.06. The highest BCUT2D eigenvalue weighted by atomic mass is 16.3. The third-order valence-electron chi connectivity index (χ3n) is 6.48. The summed E-state index contributed by atoms with van der Waals surface area (Å²) in [5.41, 5.74) is -0.429. The Balaban J connectivity index is 1.41. The van der Waals surface area contributed by atoms with Crippen molar-refractivity contribution in [1.29, 1.82) is 0 Å². The number of carbonyl (C=O) groups is 2. The number of unbranched alkanes of at least 4 members (excludes halogenated alkanes) is 1. The predicted octanol–water partition coefficient (Wildman–Crippen LogP) is 2.69. The van der Waals surface area contributed by atoms with E-state index in [1.807, 2.05) is 0 Å². The molecule has 2 N–H and O–H groups in total. The Morgan fingerprint density at radius 1 is 0.943 bits per heavy atom. The molecule has 1 fully saturated rings. The molecule has 186 valence electrons. The average Bonchev–Trinajstić information content (AvgIpc) is 3.39. The van der Waals surface area contributed by atoms with Crippen molar-refractivity contribution in [2.45, 2.75) is 77.0 Å². The molecule has 2 amide bonds. The third kappa shape index (κ3) is 6.29. The van der Waals surface area contributed by atoms with Gasteiger partial charge in [-0.05, 0) is 49.9 Å². The Hall–Kier alpha value is -3.62. The van der Waals surface area contributed by atoms with E-state index in [1.54, 1.807) is 42.7 Å². The van der Waals surface area contributed by atoms with E-state index in [2.05, 4.69) is 10.6 Å². The standard InChI is InChI=1S/C26H32N4O5/c31-23(27-17-20-11-8-16-35-20)14-6-7-15-29-25(33)21-12-4-5-13-22(21)30(26(29)34)18-24(32)28-19-9-2-1-3-10-19/h4-5,8,11-13,16,19H,1-3,6-7,9-10,14-15,17-18H2,(H,27,31)(H,28,32). The molecule has 9 heteroatoms. The van der Waals surface area contributed by atoms with E-state index in [1.165, 1.54) is 15.6 Å². The Labute approximate surface area is 203 Å². The zero-order valence-electron chi connectivity index (χ0n) is 19.8. The van der Waals surface area contributed by atoms with E-state index in [4.69, 9.17) is 4.42 Å². The van der Waals surface area contributed by atoms with Gasteiger partial charge in [0.25, 0.3) is 5.56 Å². The number of carbonyl (C=O) groups excluding carboxylic acids is 2. The van der Waals surface area contributed by atoms with Gasteiger partial charge >= 0.3 is 5.69 Å². The molecule has 1 aromatic carbocycles. The SMILES string of the molecule is O=C(CCCCn1c(=O)c2ccccc2n(CC(=O)NC2CCCCC2)c1=O)NCc1ccco1. The number of rotatable bonds is 10. The number of nitrogens with one attached hydrogen (secondary N) is 2. The molecule has 0 radical (unpaired) electrons. The summed E-state index contributed by atoms with van der Waals surface area (Å²) in [6.45, 7) is 0.368. The summed E-state index contributed by atoms with van der Waals surface area (Å²) in [4.78, 5) is 51.1. The molecule has 1 aliphatic carbocycles. The molecule has 0 unspecified atom stereocenters. The van der Waals surface area contributed by atoms with Gasteiger partial charge in [-0.15, -0.1) is 0 Å². The Bertz CT molecular complexity index is 1270. The van der Waals surface area contributed by atoms with Crippen molar-refractivity contribution in [3.05, 3.63) is 69.3 Å². The molecule has 0 atom stereocenters. The summed E-state index contributed by atoms with van der Waals surface area (Å²) in [5, 5.41) is 6.22. The maximum absolute atomic E-state index is 13.2. The van der Waals surface area contributed by atoms with Gasteiger partial charge in [0.15, 0.2) is 0 Å². The van der Waals surface area contributed by atoms with Gasteiger partial charge in [-0.2, -0.15) is 0 Å². The molecular weight excluding hydrogens is 448 g/mol. The van der Waals surface area contributed by atoms with Crippen molar-refractivity contribution < 1.29 is 14.0 Å². The molecule has 1 saturated carbocycles. The minimum Gasteiger partial charge on any atom is -0.467 e. The number of para-hydroxylation sites is 1. The predicted molar refractivity (Wildman–Crippen MR) is 132 cm³/mol. The van der Waals surface area contributed by atoms with Crippen LogP contribution in [0.5, 0.6) is 0 Å². The number of hydrogen-bond donors (Lipinski definition) is 2. The van der Waals surface area contributed by atoms with Gasteiger partial charge in [0.05, 0.1) is 23.7 Å². The highest BCUT2D eigenvalue weighted by molar-refractivity contribution is 5.81. The zero-order valence-corrected chi connectivity index (χ0v) is 19.8. The summed E-state index contributed by atoms with van der Waals surface area (Å²) in [7, 11) is 0. The quantitative estimate of drug-likeness (QED) is 0.433. The minimum absolute atomic E-state index is 0.121. The first-order valence-electron chi connectivity index (χ1n) is 12.3. The number of furan rings is 1. The van der Waals surface area contributed by atoms with E-state index >= 15 is 0 Å². The summed E-state index contributed by atoms with van der Waals surface area (Å²) in [6, 6.07) is 10.5. The number of amides is 2. The van der Waals surface area contributed by atoms with Crippen molar-refractivity contribution in [1.82, 2.24) is 19.8 Å². The highest BCUT2D eigenvalue weighted by Crippen LogP contribution is 2.17. The Morgan fingerprint density at radius 3 is 2.51 bits per heavy atom. The minimum atomic E-state index is -0.505. The number of nitrogens with zero attached hydrogens (tertiary/aromatic N) is 2. The molecule has 1 aliphatic rings. The molecule has 0 aliphatic heterocycles. The van der Waals surface area contributed by atoms with E-state index in [0.29, 0.717) is 36.0 Å². The van der Waals surface area contributed by atoms with Crippen LogP contribution < -0.4 is 21.9 Å². The summed E-state index contributed by atoms with van der Waals surface area (Å²) in [6.07, 6.45) is 8.12. The fraction of sp³-hybridized carbons (Fsp3) is 0.462. The maximum atomic E-state index is 13.2. The highest BCUT2D eigenvalue weighted by Gasteiger charge is 2.19. The fourth-order valence-electron chi connectivity index (χ4n) is 4.63. The number of fused-ring (bicyclic) bond motifs is 1. The lowest BCUT2D eigenvalue weighted by atomic mass is 9.95. The Morgan fingerprint density at radius 2 is 1.74 bits per heavy atom. The van der Waals surface area contributed by atoms with Gasteiger partial charge in [0.2, 0.25) is 11.8 Å². The van der Waals surface area contributed by atoms with Crippen LogP contribution in [0.15, 0.2) is 56.7 Å². The molecule has 0 spiro atoms. The van der Waals surface area contributed by atoms with Gasteiger partial charge in [0, 0.05) is 19.0 Å². The molecule has 2 heterocycles. The first kappa shape index (κ1) is 24.5. The van der Waals surface area contributed by atoms with Gasteiger partial charge in [-0.1, -0.05) is 31.4 Å². The number of benzene rings is 1. The molecule has 0 bridgehead atoms. The molecule has 4 rings (SSSR count). The van der Waals surface area contributed by atoms with Crippen LogP contribution in [0.2, 0.25) is 0 Å². The van der Waals surface area contributed by atoms with Gasteiger partial charge in [-0.3, -0.25) is 23.5 Å². The van der Waals surface area contributed by atoms with Gasteiger partial charge < -0.3 is 15.1 Å². The average molecular weight is 481 g/mol.